The van der Waals surface area contributed by atoms with Crippen molar-refractivity contribution in [1.29, 1.82) is 0 Å². The van der Waals surface area contributed by atoms with E-state index in [1.54, 1.807) is 32.2 Å². The monoisotopic (exact) mass is 377 g/mol. The lowest BCUT2D eigenvalue weighted by molar-refractivity contribution is 0.0527. The average molecular weight is 377 g/mol. The summed E-state index contributed by atoms with van der Waals surface area (Å²) >= 11 is 0. The van der Waals surface area contributed by atoms with Crippen LogP contribution in [0.25, 0.3) is 10.9 Å². The first kappa shape index (κ1) is 19.4. The standard InChI is InChI=1S/C22H23N3O3/c1-5-28-22(27)17-12-24-18-10-9-15(21(26)23-4)11-16(18)20(17)25-19-13(2)7-6-8-14(19)3/h6-12H,5H2,1-4H3,(H,23,26)(H,24,25). The molecular weight excluding hydrogens is 354 g/mol. The fourth-order valence-electron chi connectivity index (χ4n) is 3.11. The molecule has 0 aliphatic rings. The fraction of sp³-hybridized carbons (Fsp3) is 0.227. The predicted octanol–water partition coefficient (Wildman–Crippen LogP) is 4.13. The smallest absolute Gasteiger partial charge is 0.341 e. The van der Waals surface area contributed by atoms with Crippen LogP contribution in [0.2, 0.25) is 0 Å². The molecule has 144 valence electrons. The van der Waals surface area contributed by atoms with E-state index in [0.29, 0.717) is 27.7 Å². The molecule has 0 aliphatic heterocycles. The third-order valence-corrected chi connectivity index (χ3v) is 4.58. The van der Waals surface area contributed by atoms with Crippen LogP contribution >= 0.6 is 0 Å². The van der Waals surface area contributed by atoms with Crippen LogP contribution in [0.1, 0.15) is 38.8 Å². The van der Waals surface area contributed by atoms with Gasteiger partial charge in [-0.3, -0.25) is 9.78 Å². The van der Waals surface area contributed by atoms with Crippen molar-refractivity contribution in [2.75, 3.05) is 19.0 Å². The van der Waals surface area contributed by atoms with Crippen LogP contribution in [0.15, 0.2) is 42.6 Å². The maximum absolute atomic E-state index is 12.6. The summed E-state index contributed by atoms with van der Waals surface area (Å²) in [7, 11) is 1.58. The summed E-state index contributed by atoms with van der Waals surface area (Å²) in [5.74, 6) is -0.669. The highest BCUT2D eigenvalue weighted by Crippen LogP contribution is 2.33. The van der Waals surface area contributed by atoms with Gasteiger partial charge in [-0.25, -0.2) is 4.79 Å². The maximum Gasteiger partial charge on any atom is 0.341 e. The first-order valence-corrected chi connectivity index (χ1v) is 9.11. The molecule has 3 aromatic rings. The van der Waals surface area contributed by atoms with Gasteiger partial charge in [0.05, 0.1) is 17.8 Å². The van der Waals surface area contributed by atoms with Crippen molar-refractivity contribution in [3.05, 3.63) is 64.8 Å². The lowest BCUT2D eigenvalue weighted by Crippen LogP contribution is -2.17. The molecule has 0 radical (unpaired) electrons. The molecule has 0 fully saturated rings. The van der Waals surface area contributed by atoms with Crippen LogP contribution in [0, 0.1) is 13.8 Å². The van der Waals surface area contributed by atoms with E-state index in [2.05, 4.69) is 15.6 Å². The number of amides is 1. The normalized spacial score (nSPS) is 10.6. The molecular formula is C22H23N3O3. The van der Waals surface area contributed by atoms with E-state index in [0.717, 1.165) is 16.8 Å². The van der Waals surface area contributed by atoms with Gasteiger partial charge in [0, 0.05) is 29.9 Å². The molecule has 28 heavy (non-hydrogen) atoms. The van der Waals surface area contributed by atoms with Crippen LogP contribution in [-0.4, -0.2) is 30.5 Å². The highest BCUT2D eigenvalue weighted by molar-refractivity contribution is 6.08. The van der Waals surface area contributed by atoms with Gasteiger partial charge in [0.1, 0.15) is 5.56 Å². The number of benzene rings is 2. The van der Waals surface area contributed by atoms with Crippen LogP contribution in [0.3, 0.4) is 0 Å². The van der Waals surface area contributed by atoms with Crippen molar-refractivity contribution in [1.82, 2.24) is 10.3 Å². The zero-order valence-corrected chi connectivity index (χ0v) is 16.4. The van der Waals surface area contributed by atoms with Crippen LogP contribution in [0.5, 0.6) is 0 Å². The number of carbonyl (C=O) groups excluding carboxylic acids is 2. The molecule has 0 saturated heterocycles. The lowest BCUT2D eigenvalue weighted by Gasteiger charge is -2.17. The van der Waals surface area contributed by atoms with E-state index >= 15 is 0 Å². The molecule has 0 spiro atoms. The Balaban J connectivity index is 2.26. The number of rotatable bonds is 5. The quantitative estimate of drug-likeness (QED) is 0.654. The van der Waals surface area contributed by atoms with Crippen LogP contribution in [0.4, 0.5) is 11.4 Å². The second-order valence-electron chi connectivity index (χ2n) is 6.47. The largest absolute Gasteiger partial charge is 0.462 e. The predicted molar refractivity (Wildman–Crippen MR) is 110 cm³/mol. The van der Waals surface area contributed by atoms with Gasteiger partial charge in [-0.1, -0.05) is 18.2 Å². The molecule has 1 amide bonds. The minimum atomic E-state index is -0.462. The molecule has 2 N–H and O–H groups in total. The summed E-state index contributed by atoms with van der Waals surface area (Å²) < 4.78 is 5.22. The maximum atomic E-state index is 12.6. The molecule has 0 bridgehead atoms. The van der Waals surface area contributed by atoms with E-state index in [1.165, 1.54) is 6.20 Å². The summed E-state index contributed by atoms with van der Waals surface area (Å²) in [6.07, 6.45) is 1.51. The number of nitrogens with one attached hydrogen (secondary N) is 2. The van der Waals surface area contributed by atoms with Crippen molar-refractivity contribution in [2.24, 2.45) is 0 Å². The summed E-state index contributed by atoms with van der Waals surface area (Å²) in [6.45, 7) is 6.02. The number of para-hydroxylation sites is 1. The van der Waals surface area contributed by atoms with E-state index in [9.17, 15) is 9.59 Å². The molecule has 2 aromatic carbocycles. The van der Waals surface area contributed by atoms with Gasteiger partial charge in [0.15, 0.2) is 0 Å². The van der Waals surface area contributed by atoms with Crippen molar-refractivity contribution in [3.63, 3.8) is 0 Å². The van der Waals surface area contributed by atoms with Crippen LogP contribution < -0.4 is 10.6 Å². The summed E-state index contributed by atoms with van der Waals surface area (Å²) in [5.41, 5.74) is 5.06. The third kappa shape index (κ3) is 3.67. The molecule has 0 aliphatic carbocycles. The van der Waals surface area contributed by atoms with Crippen molar-refractivity contribution < 1.29 is 14.3 Å². The Labute approximate surface area is 163 Å². The van der Waals surface area contributed by atoms with Crippen molar-refractivity contribution >= 4 is 34.2 Å². The Hall–Kier alpha value is -3.41. The number of carbonyl (C=O) groups is 2. The summed E-state index contributed by atoms with van der Waals surface area (Å²) in [5, 5.41) is 6.70. The van der Waals surface area contributed by atoms with Crippen molar-refractivity contribution in [3.8, 4) is 0 Å². The second-order valence-corrected chi connectivity index (χ2v) is 6.47. The van der Waals surface area contributed by atoms with E-state index < -0.39 is 5.97 Å². The Bertz CT molecular complexity index is 1040. The summed E-state index contributed by atoms with van der Waals surface area (Å²) in [4.78, 5) is 29.1. The lowest BCUT2D eigenvalue weighted by atomic mass is 10.0. The Morgan fingerprint density at radius 1 is 1.07 bits per heavy atom. The molecule has 6 nitrogen and oxygen atoms in total. The van der Waals surface area contributed by atoms with Crippen molar-refractivity contribution in [2.45, 2.75) is 20.8 Å². The van der Waals surface area contributed by atoms with E-state index in [4.69, 9.17) is 4.74 Å². The fourth-order valence-corrected chi connectivity index (χ4v) is 3.11. The summed E-state index contributed by atoms with van der Waals surface area (Å²) in [6, 6.07) is 11.2. The van der Waals surface area contributed by atoms with Gasteiger partial charge in [-0.2, -0.15) is 0 Å². The number of hydrogen-bond acceptors (Lipinski definition) is 5. The molecule has 0 unspecified atom stereocenters. The van der Waals surface area contributed by atoms with Gasteiger partial charge in [0.25, 0.3) is 5.91 Å². The van der Waals surface area contributed by atoms with E-state index in [1.807, 2.05) is 32.0 Å². The zero-order valence-electron chi connectivity index (χ0n) is 16.4. The van der Waals surface area contributed by atoms with E-state index in [-0.39, 0.29) is 12.5 Å². The Kier molecular flexibility index (Phi) is 5.59. The Morgan fingerprint density at radius 3 is 2.43 bits per heavy atom. The molecule has 1 aromatic heterocycles. The van der Waals surface area contributed by atoms with Gasteiger partial charge in [-0.05, 0) is 50.1 Å². The third-order valence-electron chi connectivity index (χ3n) is 4.58. The SMILES string of the molecule is CCOC(=O)c1cnc2ccc(C(=O)NC)cc2c1Nc1c(C)cccc1C. The number of anilines is 2. The number of nitrogens with zero attached hydrogens (tertiary/aromatic N) is 1. The molecule has 1 heterocycles. The number of ether oxygens (including phenoxy) is 1. The minimum Gasteiger partial charge on any atom is -0.462 e. The van der Waals surface area contributed by atoms with Gasteiger partial charge in [-0.15, -0.1) is 0 Å². The number of fused-ring (bicyclic) bond motifs is 1. The topological polar surface area (TPSA) is 80.3 Å². The molecule has 6 heteroatoms. The second kappa shape index (κ2) is 8.08. The van der Waals surface area contributed by atoms with Gasteiger partial charge >= 0.3 is 5.97 Å². The van der Waals surface area contributed by atoms with Crippen LogP contribution in [-0.2, 0) is 4.74 Å². The highest BCUT2D eigenvalue weighted by atomic mass is 16.5. The number of hydrogen-bond donors (Lipinski definition) is 2. The first-order valence-electron chi connectivity index (χ1n) is 9.11. The van der Waals surface area contributed by atoms with Gasteiger partial charge in [0.2, 0.25) is 0 Å². The highest BCUT2D eigenvalue weighted by Gasteiger charge is 2.19. The number of aromatic nitrogens is 1. The first-order chi connectivity index (χ1) is 13.5. The number of esters is 1. The number of aryl methyl sites for hydroxylation is 2. The van der Waals surface area contributed by atoms with Gasteiger partial charge < -0.3 is 15.4 Å². The Morgan fingerprint density at radius 2 is 1.79 bits per heavy atom. The minimum absolute atomic E-state index is 0.207. The zero-order chi connectivity index (χ0) is 20.3. The molecule has 3 rings (SSSR count). The molecule has 0 saturated carbocycles. The molecule has 0 atom stereocenters. The number of pyridine rings is 1. The average Bonchev–Trinajstić information content (AvgIpc) is 2.69.